The van der Waals surface area contributed by atoms with E-state index < -0.39 is 11.5 Å². The molecular formula is C9H21NO2S2. The summed E-state index contributed by atoms with van der Waals surface area (Å²) in [5.41, 5.74) is -0.716. The predicted molar refractivity (Wildman–Crippen MR) is 64.9 cm³/mol. The van der Waals surface area contributed by atoms with E-state index in [4.69, 9.17) is 10.2 Å². The van der Waals surface area contributed by atoms with E-state index in [1.54, 1.807) is 0 Å². The molecule has 0 aliphatic carbocycles. The predicted octanol–water partition coefficient (Wildman–Crippen LogP) is 1.65. The molecule has 0 amide bonds. The maximum Gasteiger partial charge on any atom is 0.0672 e. The Bertz CT molecular complexity index is 174. The summed E-state index contributed by atoms with van der Waals surface area (Å²) in [6, 6.07) is 0. The Labute approximate surface area is 94.4 Å². The van der Waals surface area contributed by atoms with Crippen molar-refractivity contribution in [2.24, 2.45) is 16.0 Å². The minimum absolute atomic E-state index is 0.0158. The fraction of sp³-hybridized carbons (Fsp3) is 1.00. The lowest BCUT2D eigenvalue weighted by atomic mass is 9.73. The van der Waals surface area contributed by atoms with Gasteiger partial charge >= 0.3 is 0 Å². The molecule has 0 heterocycles. The van der Waals surface area contributed by atoms with Gasteiger partial charge in [-0.25, -0.2) is 0 Å². The van der Waals surface area contributed by atoms with Crippen molar-refractivity contribution in [3.63, 3.8) is 0 Å². The number of hydrogen-bond acceptors (Lipinski definition) is 5. The number of nitrogens with two attached hydrogens (primary N) is 1. The molecule has 0 saturated heterocycles. The number of rotatable bonds is 6. The minimum atomic E-state index is -0.542. The first-order valence-electron chi connectivity index (χ1n) is 4.55. The first-order chi connectivity index (χ1) is 6.28. The fourth-order valence-electron chi connectivity index (χ4n) is 1.41. The molecule has 3 nitrogen and oxygen atoms in total. The largest absolute Gasteiger partial charge is 0.396 e. The maximum absolute atomic E-state index is 10.1. The van der Waals surface area contributed by atoms with Crippen molar-refractivity contribution in [1.82, 2.24) is 0 Å². The van der Waals surface area contributed by atoms with E-state index >= 15 is 0 Å². The Hall–Kier alpha value is 0.580. The van der Waals surface area contributed by atoms with Crippen LogP contribution in [0, 0.1) is 10.8 Å². The van der Waals surface area contributed by atoms with E-state index in [0.29, 0.717) is 0 Å². The Kier molecular flexibility index (Phi) is 5.84. The van der Waals surface area contributed by atoms with Gasteiger partial charge in [0.1, 0.15) is 0 Å². The Morgan fingerprint density at radius 2 is 1.71 bits per heavy atom. The van der Waals surface area contributed by atoms with E-state index in [0.717, 1.165) is 5.75 Å². The summed E-state index contributed by atoms with van der Waals surface area (Å²) < 4.78 is 0. The molecule has 0 aromatic carbocycles. The molecule has 5 heteroatoms. The molecule has 0 fully saturated rings. The van der Waals surface area contributed by atoms with Crippen molar-refractivity contribution in [2.45, 2.75) is 33.8 Å². The second-order valence-electron chi connectivity index (χ2n) is 4.90. The van der Waals surface area contributed by atoms with Crippen LogP contribution in [-0.2, 0) is 0 Å². The highest BCUT2D eigenvalue weighted by atomic mass is 33.1. The van der Waals surface area contributed by atoms with Crippen molar-refractivity contribution in [2.75, 3.05) is 12.4 Å². The van der Waals surface area contributed by atoms with Crippen LogP contribution < -0.4 is 5.14 Å². The first kappa shape index (κ1) is 14.6. The zero-order chi connectivity index (χ0) is 11.4. The Morgan fingerprint density at radius 1 is 1.21 bits per heavy atom. The lowest BCUT2D eigenvalue weighted by molar-refractivity contribution is -0.0551. The lowest BCUT2D eigenvalue weighted by Crippen LogP contribution is -2.44. The van der Waals surface area contributed by atoms with E-state index in [-0.39, 0.29) is 12.0 Å². The molecule has 0 rings (SSSR count). The van der Waals surface area contributed by atoms with Gasteiger partial charge in [-0.3, -0.25) is 5.14 Å². The molecule has 0 saturated carbocycles. The van der Waals surface area contributed by atoms with Crippen LogP contribution in [0.15, 0.2) is 0 Å². The van der Waals surface area contributed by atoms with Gasteiger partial charge < -0.3 is 10.2 Å². The fourth-order valence-corrected chi connectivity index (χ4v) is 3.05. The molecule has 1 atom stereocenters. The smallest absolute Gasteiger partial charge is 0.0672 e. The van der Waals surface area contributed by atoms with Crippen molar-refractivity contribution in [3.05, 3.63) is 0 Å². The topological polar surface area (TPSA) is 66.5 Å². The van der Waals surface area contributed by atoms with Crippen LogP contribution in [0.4, 0.5) is 0 Å². The first-order valence-corrected chi connectivity index (χ1v) is 6.93. The molecule has 0 radical (unpaired) electrons. The van der Waals surface area contributed by atoms with Crippen molar-refractivity contribution in [3.8, 4) is 0 Å². The van der Waals surface area contributed by atoms with Crippen LogP contribution >= 0.6 is 21.8 Å². The van der Waals surface area contributed by atoms with Crippen LogP contribution in [-0.4, -0.2) is 28.7 Å². The molecule has 0 bridgehead atoms. The van der Waals surface area contributed by atoms with Crippen molar-refractivity contribution < 1.29 is 10.2 Å². The van der Waals surface area contributed by atoms with E-state index in [1.807, 2.05) is 27.7 Å². The third-order valence-electron chi connectivity index (χ3n) is 2.39. The molecule has 0 spiro atoms. The molecule has 14 heavy (non-hydrogen) atoms. The second-order valence-corrected chi connectivity index (χ2v) is 6.90. The number of aliphatic hydroxyl groups is 2. The number of aliphatic hydroxyl groups excluding tert-OH is 2. The summed E-state index contributed by atoms with van der Waals surface area (Å²) in [5.74, 6) is 0.763. The van der Waals surface area contributed by atoms with Crippen LogP contribution in [0.3, 0.4) is 0 Å². The van der Waals surface area contributed by atoms with E-state index in [9.17, 15) is 5.11 Å². The molecule has 0 aliphatic rings. The lowest BCUT2D eigenvalue weighted by Gasteiger charge is -2.39. The molecule has 86 valence electrons. The molecule has 0 aromatic rings. The molecular weight excluding hydrogens is 218 g/mol. The normalized spacial score (nSPS) is 15.6. The zero-order valence-corrected chi connectivity index (χ0v) is 10.9. The summed E-state index contributed by atoms with van der Waals surface area (Å²) in [6.07, 6.45) is -0.542. The van der Waals surface area contributed by atoms with Gasteiger partial charge in [0.25, 0.3) is 0 Å². The molecule has 4 N–H and O–H groups in total. The third kappa shape index (κ3) is 3.98. The summed E-state index contributed by atoms with van der Waals surface area (Å²) in [5, 5.41) is 24.6. The minimum Gasteiger partial charge on any atom is -0.396 e. The average Bonchev–Trinajstić information content (AvgIpc) is 2.13. The van der Waals surface area contributed by atoms with Crippen LogP contribution in [0.1, 0.15) is 27.7 Å². The van der Waals surface area contributed by atoms with Gasteiger partial charge in [0.15, 0.2) is 0 Å². The van der Waals surface area contributed by atoms with E-state index in [1.165, 1.54) is 21.8 Å². The third-order valence-corrected chi connectivity index (χ3v) is 4.15. The Morgan fingerprint density at radius 3 is 2.07 bits per heavy atom. The quantitative estimate of drug-likeness (QED) is 0.486. The van der Waals surface area contributed by atoms with Gasteiger partial charge in [0, 0.05) is 16.6 Å². The SMILES string of the molecule is CC(C)(CO)C(O)C(C)(C)CSSN. The summed E-state index contributed by atoms with van der Waals surface area (Å²) >= 11 is 0. The maximum atomic E-state index is 10.1. The van der Waals surface area contributed by atoms with Crippen LogP contribution in [0.2, 0.25) is 0 Å². The van der Waals surface area contributed by atoms with Crippen molar-refractivity contribution in [1.29, 1.82) is 0 Å². The molecule has 1 unspecified atom stereocenters. The highest BCUT2D eigenvalue weighted by Crippen LogP contribution is 2.37. The van der Waals surface area contributed by atoms with Crippen molar-refractivity contribution >= 4 is 21.8 Å². The van der Waals surface area contributed by atoms with Gasteiger partial charge in [-0.2, -0.15) is 0 Å². The van der Waals surface area contributed by atoms with Gasteiger partial charge in [0.05, 0.1) is 12.7 Å². The standard InChI is InChI=1S/C9H21NO2S2/c1-8(2,5-11)7(12)9(3,4)6-13-14-10/h7,11-12H,5-6,10H2,1-4H3. The van der Waals surface area contributed by atoms with Gasteiger partial charge in [-0.05, 0) is 11.0 Å². The summed E-state index contributed by atoms with van der Waals surface area (Å²) in [4.78, 5) is 0. The molecule has 0 aromatic heterocycles. The Balaban J connectivity index is 4.40. The molecule has 0 aliphatic heterocycles. The zero-order valence-electron chi connectivity index (χ0n) is 9.28. The van der Waals surface area contributed by atoms with E-state index in [2.05, 4.69) is 0 Å². The van der Waals surface area contributed by atoms with Crippen LogP contribution in [0.25, 0.3) is 0 Å². The summed E-state index contributed by atoms with van der Waals surface area (Å²) in [6.45, 7) is 7.67. The van der Waals surface area contributed by atoms with Gasteiger partial charge in [-0.15, -0.1) is 0 Å². The average molecular weight is 239 g/mol. The van der Waals surface area contributed by atoms with Crippen LogP contribution in [0.5, 0.6) is 0 Å². The highest BCUT2D eigenvalue weighted by molar-refractivity contribution is 8.75. The highest BCUT2D eigenvalue weighted by Gasteiger charge is 2.39. The van der Waals surface area contributed by atoms with Gasteiger partial charge in [-0.1, -0.05) is 38.5 Å². The monoisotopic (exact) mass is 239 g/mol. The summed E-state index contributed by atoms with van der Waals surface area (Å²) in [7, 11) is 2.73. The van der Waals surface area contributed by atoms with Gasteiger partial charge in [0.2, 0.25) is 0 Å². The number of hydrogen-bond donors (Lipinski definition) is 3. The second kappa shape index (κ2) is 5.61.